The number of amides is 6. The molecule has 550 valence electrons. The summed E-state index contributed by atoms with van der Waals surface area (Å²) in [6.07, 6.45) is 17.4. The highest BCUT2D eigenvalue weighted by Crippen LogP contribution is 2.53. The third kappa shape index (κ3) is 15.3. The van der Waals surface area contributed by atoms with Crippen molar-refractivity contribution < 1.29 is 44.7 Å². The second-order valence-electron chi connectivity index (χ2n) is 31.6. The molecule has 0 unspecified atom stereocenters. The number of aliphatic hydroxyl groups excluding tert-OH is 4. The van der Waals surface area contributed by atoms with Crippen LogP contribution in [0, 0.1) is 0 Å². The van der Waals surface area contributed by atoms with E-state index in [-0.39, 0.29) is 90.8 Å². The Labute approximate surface area is 606 Å². The first-order valence-corrected chi connectivity index (χ1v) is 37.1. The highest BCUT2D eigenvalue weighted by atomic mass is 16.5. The number of urea groups is 3. The minimum absolute atomic E-state index is 0. The normalized spacial score (nSPS) is 27.1. The summed E-state index contributed by atoms with van der Waals surface area (Å²) in [5, 5.41) is 55.6. The van der Waals surface area contributed by atoms with E-state index in [9.17, 15) is 39.9 Å². The van der Waals surface area contributed by atoms with Crippen LogP contribution in [0.4, 0.5) is 14.4 Å². The fourth-order valence-electron chi connectivity index (χ4n) is 18.5. The van der Waals surface area contributed by atoms with Crippen LogP contribution in [0.25, 0.3) is 0 Å². The van der Waals surface area contributed by atoms with E-state index in [4.69, 9.17) is 4.74 Å². The van der Waals surface area contributed by atoms with Gasteiger partial charge in [0, 0.05) is 49.3 Å². The van der Waals surface area contributed by atoms with Crippen LogP contribution in [0.5, 0.6) is 0 Å². The average molecular weight is 1390 g/mol. The lowest BCUT2D eigenvalue weighted by Gasteiger charge is -2.53. The second kappa shape index (κ2) is 31.6. The van der Waals surface area contributed by atoms with Gasteiger partial charge in [0.15, 0.2) is 0 Å². The van der Waals surface area contributed by atoms with E-state index in [1.54, 1.807) is 0 Å². The Bertz CT molecular complexity index is 3750. The quantitative estimate of drug-likeness (QED) is 0.0359. The van der Waals surface area contributed by atoms with Gasteiger partial charge in [0.05, 0.1) is 73.9 Å². The van der Waals surface area contributed by atoms with E-state index < -0.39 is 5.60 Å². The maximum absolute atomic E-state index is 14.4. The van der Waals surface area contributed by atoms with E-state index in [2.05, 4.69) is 176 Å². The zero-order valence-electron chi connectivity index (χ0n) is 60.7. The van der Waals surface area contributed by atoms with Crippen molar-refractivity contribution in [1.29, 1.82) is 0 Å². The summed E-state index contributed by atoms with van der Waals surface area (Å²) in [5.41, 5.74) is 8.39. The van der Waals surface area contributed by atoms with Crippen LogP contribution in [0.15, 0.2) is 158 Å². The number of carbonyl (C=O) groups excluding carboxylic acids is 3. The number of carbonyl (C=O) groups is 3. The summed E-state index contributed by atoms with van der Waals surface area (Å²) in [7, 11) is 13.0. The van der Waals surface area contributed by atoms with Crippen molar-refractivity contribution in [3.63, 3.8) is 0 Å². The number of aliphatic hydroxyl groups is 5. The van der Waals surface area contributed by atoms with E-state index in [0.717, 1.165) is 143 Å². The molecular weight excluding hydrogens is 1280 g/mol. The number of hydrogen-bond acceptors (Lipinski definition) is 12. The molecule has 0 atom stereocenters. The zero-order valence-corrected chi connectivity index (χ0v) is 60.7. The first-order chi connectivity index (χ1) is 48.6. The van der Waals surface area contributed by atoms with Gasteiger partial charge in [-0.25, -0.2) is 14.4 Å². The maximum atomic E-state index is 14.4. The summed E-state index contributed by atoms with van der Waals surface area (Å²) in [4.78, 5) is 54.9. The van der Waals surface area contributed by atoms with Crippen molar-refractivity contribution in [2.24, 2.45) is 0 Å². The zero-order chi connectivity index (χ0) is 71.3. The van der Waals surface area contributed by atoms with Gasteiger partial charge in [-0.3, -0.25) is 14.7 Å². The van der Waals surface area contributed by atoms with Crippen LogP contribution in [0.2, 0.25) is 0 Å². The Morgan fingerprint density at radius 3 is 1.26 bits per heavy atom. The molecule has 5 aliphatic carbocycles. The first-order valence-electron chi connectivity index (χ1n) is 37.1. The molecule has 18 heteroatoms. The van der Waals surface area contributed by atoms with E-state index >= 15 is 0 Å². The molecule has 14 rings (SSSR count). The van der Waals surface area contributed by atoms with Crippen molar-refractivity contribution >= 4 is 18.1 Å². The van der Waals surface area contributed by atoms with Gasteiger partial charge in [-0.2, -0.15) is 0 Å². The largest absolute Gasteiger partial charge is 0.392 e. The number of hydrogen-bond donors (Lipinski definition) is 7. The van der Waals surface area contributed by atoms with Gasteiger partial charge in [0.1, 0.15) is 0 Å². The van der Waals surface area contributed by atoms with E-state index in [1.807, 2.05) is 69.3 Å². The average Bonchev–Trinajstić information content (AvgIpc) is 1.53. The Morgan fingerprint density at radius 1 is 0.431 bits per heavy atom. The number of β-amino-alcohol motifs (C(OH)–C–C–N with tert-alkyl or cyclic N) is 1. The van der Waals surface area contributed by atoms with Gasteiger partial charge in [0.2, 0.25) is 0 Å². The third-order valence-corrected chi connectivity index (χ3v) is 25.5. The van der Waals surface area contributed by atoms with Gasteiger partial charge in [-0.05, 0) is 213 Å². The molecule has 3 spiro atoms. The van der Waals surface area contributed by atoms with Crippen molar-refractivity contribution in [1.82, 2.24) is 44.9 Å². The molecule has 102 heavy (non-hydrogen) atoms. The Kier molecular flexibility index (Phi) is 23.5. The van der Waals surface area contributed by atoms with Crippen LogP contribution < -0.4 is 10.6 Å². The Balaban J connectivity index is 0.000000159. The lowest BCUT2D eigenvalue weighted by atomic mass is 9.67. The highest BCUT2D eigenvalue weighted by Gasteiger charge is 2.58. The van der Waals surface area contributed by atoms with Crippen molar-refractivity contribution in [3.8, 4) is 0 Å². The Morgan fingerprint density at radius 2 is 0.853 bits per heavy atom. The SMILES string of the molecule is C.CN(C)C1(c2ccccc2)CCC2(CC1)CN(Cc1ccc(CO)c(CO)c1)C(=O)N2.CN(C)C1(c2ccccc2)CCC2(CC1)CN(Cc1ccc(CO)c(CO)c1)C(=O)N2CC1(OCc2ccccc2)CCC1.CN(C)C1(c2ccccc2)CCC2(CC1)CNC(=O)N2CC1(O)CCC1. The van der Waals surface area contributed by atoms with Gasteiger partial charge in [0.25, 0.3) is 0 Å². The van der Waals surface area contributed by atoms with Gasteiger partial charge in [-0.15, -0.1) is 0 Å². The number of nitrogens with zero attached hydrogens (tertiary/aromatic N) is 7. The summed E-state index contributed by atoms with van der Waals surface area (Å²) in [6.45, 7) is 4.24. The molecule has 6 aromatic carbocycles. The lowest BCUT2D eigenvalue weighted by Crippen LogP contribution is -2.60. The smallest absolute Gasteiger partial charge is 0.321 e. The topological polar surface area (TPSA) is 208 Å². The molecule has 6 amide bonds. The molecule has 0 bridgehead atoms. The molecule has 3 saturated heterocycles. The van der Waals surface area contributed by atoms with E-state index in [0.29, 0.717) is 63.5 Å². The van der Waals surface area contributed by atoms with Gasteiger partial charge >= 0.3 is 18.1 Å². The van der Waals surface area contributed by atoms with E-state index in [1.165, 1.54) is 16.7 Å². The summed E-state index contributed by atoms with van der Waals surface area (Å²) < 4.78 is 6.68. The van der Waals surface area contributed by atoms with Crippen LogP contribution in [0.3, 0.4) is 0 Å². The molecule has 8 fully saturated rings. The molecule has 0 radical (unpaired) electrons. The van der Waals surface area contributed by atoms with Crippen molar-refractivity contribution in [3.05, 3.63) is 213 Å². The number of rotatable bonds is 21. The van der Waals surface area contributed by atoms with Crippen LogP contribution in [0.1, 0.15) is 179 Å². The summed E-state index contributed by atoms with van der Waals surface area (Å²) >= 11 is 0. The second-order valence-corrected chi connectivity index (χ2v) is 31.6. The predicted molar refractivity (Wildman–Crippen MR) is 400 cm³/mol. The van der Waals surface area contributed by atoms with Gasteiger partial charge < -0.3 is 60.5 Å². The number of nitrogens with one attached hydrogen (secondary N) is 2. The highest BCUT2D eigenvalue weighted by molar-refractivity contribution is 5.79. The first kappa shape index (κ1) is 75.9. The molecule has 5 saturated carbocycles. The van der Waals surface area contributed by atoms with Crippen molar-refractivity contribution in [2.45, 2.75) is 214 Å². The molecule has 3 aliphatic heterocycles. The van der Waals surface area contributed by atoms with Crippen LogP contribution in [-0.4, -0.2) is 181 Å². The fourth-order valence-corrected chi connectivity index (χ4v) is 18.5. The van der Waals surface area contributed by atoms with Crippen LogP contribution in [-0.2, 0) is 67.5 Å². The minimum Gasteiger partial charge on any atom is -0.392 e. The number of benzene rings is 6. The molecule has 8 aliphatic rings. The Hall–Kier alpha value is -7.23. The number of ether oxygens (including phenoxy) is 1. The third-order valence-electron chi connectivity index (χ3n) is 25.5. The standard InChI is InChI=1S/C37H47N3O4.C25H33N3O3.C21H31N3O2.CH4/c1-38(2)37(33-12-7-4-8-13-33)20-18-35(19-21-37)27-39(23-30-14-15-31(24-41)32(22-30)25-42)34(43)40(35)28-36(16-9-17-36)44-26-29-10-5-3-6-11-29;1-27(2)25(22-6-4-3-5-7-22)12-10-24(11-13-25)18-28(23(31)26-24)15-19-8-9-20(16-29)21(14-19)17-30;1-23(2)21(17-7-4-3-5-8-17)13-11-19(12-14-21)15-22-18(25)24(19)16-20(26)9-6-10-20;/h3-8,10-15,22,41-42H,9,16-21,23-28H2,1-2H3;3-9,14,29-30H,10-13,15-18H2,1-2H3,(H,26,31);3-5,7-8,26H,6,9-16H2,1-2H3,(H,22,25);1H4. The maximum Gasteiger partial charge on any atom is 0.321 e. The molecule has 3 heterocycles. The molecule has 7 N–H and O–H groups in total. The summed E-state index contributed by atoms with van der Waals surface area (Å²) in [5.74, 6) is 0. The van der Waals surface area contributed by atoms with Crippen molar-refractivity contribution in [2.75, 3.05) is 75.0 Å². The fraction of sp³-hybridized carbons (Fsp3) is 0.536. The molecule has 0 aromatic heterocycles. The lowest BCUT2D eigenvalue weighted by molar-refractivity contribution is -0.130. The predicted octanol–water partition coefficient (Wildman–Crippen LogP) is 12.1. The monoisotopic (exact) mass is 1390 g/mol. The molecule has 6 aromatic rings. The summed E-state index contributed by atoms with van der Waals surface area (Å²) in [6, 6.07) is 54.1. The molecule has 18 nitrogen and oxygen atoms in total. The molecular formula is C84H115N9O9. The van der Waals surface area contributed by atoms with Crippen LogP contribution >= 0.6 is 0 Å². The minimum atomic E-state index is -0.663. The van der Waals surface area contributed by atoms with Gasteiger partial charge in [-0.1, -0.05) is 165 Å².